The molecule has 0 radical (unpaired) electrons. The molecule has 0 fully saturated rings. The second kappa shape index (κ2) is 3.29. The number of aryl methyl sites for hydroxylation is 1. The Morgan fingerprint density at radius 2 is 2.12 bits per heavy atom. The summed E-state index contributed by atoms with van der Waals surface area (Å²) in [4.78, 5) is 15.7. The normalized spacial score (nSPS) is 26.9. The Hall–Kier alpha value is -0.910. The van der Waals surface area contributed by atoms with E-state index < -0.39 is 5.60 Å². The van der Waals surface area contributed by atoms with E-state index in [4.69, 9.17) is 4.74 Å². The van der Waals surface area contributed by atoms with Crippen LogP contribution in [0.5, 0.6) is 0 Å². The summed E-state index contributed by atoms with van der Waals surface area (Å²) >= 11 is 1.96. The van der Waals surface area contributed by atoms with Gasteiger partial charge in [0.15, 0.2) is 5.60 Å². The average molecular weight is 327 g/mol. The summed E-state index contributed by atoms with van der Waals surface area (Å²) in [5.41, 5.74) is 2.92. The van der Waals surface area contributed by atoms with Crippen LogP contribution < -0.4 is 0 Å². The van der Waals surface area contributed by atoms with Gasteiger partial charge in [0, 0.05) is 35.4 Å². The maximum absolute atomic E-state index is 11.8. The molecule has 3 nitrogen and oxygen atoms in total. The maximum atomic E-state index is 11.8. The molecule has 1 amide bonds. The van der Waals surface area contributed by atoms with Gasteiger partial charge in [0.25, 0.3) is 9.81 Å². The maximum Gasteiger partial charge on any atom is 0.294 e. The third-order valence-electron chi connectivity index (χ3n) is 3.17. The predicted molar refractivity (Wildman–Crippen MR) is 68.9 cm³/mol. The molecule has 1 heterocycles. The van der Waals surface area contributed by atoms with Crippen LogP contribution in [0.2, 0.25) is 0 Å². The molecule has 1 aliphatic carbocycles. The molecule has 0 aromatic heterocycles. The number of hydrogen-bond donors (Lipinski definition) is 0. The molecule has 1 spiro atoms. The lowest BCUT2D eigenvalue weighted by Gasteiger charge is -2.18. The van der Waals surface area contributed by atoms with Crippen LogP contribution in [0.25, 0.3) is 0 Å². The number of rotatable bonds is 0. The van der Waals surface area contributed by atoms with E-state index in [0.29, 0.717) is 16.7 Å². The summed E-state index contributed by atoms with van der Waals surface area (Å²) in [7, 11) is 0. The Kier molecular flexibility index (Phi) is 2.11. The van der Waals surface area contributed by atoms with Gasteiger partial charge in [-0.1, -0.05) is 23.8 Å². The topological polar surface area (TPSA) is 38.7 Å². The molecule has 0 saturated carbocycles. The lowest BCUT2D eigenvalue weighted by atomic mass is 10.0. The number of ether oxygens (including phenoxy) is 1. The number of fused-ring (bicyclic) bond motifs is 1. The number of benzene rings is 1. The molecule has 1 aliphatic heterocycles. The third-order valence-corrected chi connectivity index (χ3v) is 3.63. The number of amides is 1. The molecule has 16 heavy (non-hydrogen) atoms. The Morgan fingerprint density at radius 3 is 2.81 bits per heavy atom. The van der Waals surface area contributed by atoms with Crippen LogP contribution in [0.15, 0.2) is 23.2 Å². The highest BCUT2D eigenvalue weighted by atomic mass is 127. The lowest BCUT2D eigenvalue weighted by molar-refractivity contribution is -0.129. The summed E-state index contributed by atoms with van der Waals surface area (Å²) in [6.07, 6.45) is 1.30. The van der Waals surface area contributed by atoms with Gasteiger partial charge in [0.2, 0.25) is 0 Å². The van der Waals surface area contributed by atoms with Gasteiger partial charge in [0.05, 0.1) is 0 Å². The molecular formula is C12H10INO2. The third kappa shape index (κ3) is 1.39. The van der Waals surface area contributed by atoms with Crippen LogP contribution in [-0.2, 0) is 22.4 Å². The molecule has 3 rings (SSSR count). The Labute approximate surface area is 107 Å². The zero-order valence-electron chi connectivity index (χ0n) is 8.79. The van der Waals surface area contributed by atoms with E-state index in [1.807, 2.05) is 22.6 Å². The largest absolute Gasteiger partial charge is 0.456 e. The molecular weight excluding hydrogens is 317 g/mol. The predicted octanol–water partition coefficient (Wildman–Crippen LogP) is 2.18. The molecule has 1 atom stereocenters. The summed E-state index contributed by atoms with van der Waals surface area (Å²) in [6.45, 7) is 2.06. The smallest absolute Gasteiger partial charge is 0.294 e. The molecule has 1 aromatic rings. The van der Waals surface area contributed by atoms with Crippen molar-refractivity contribution in [3.05, 3.63) is 34.9 Å². The Bertz CT molecular complexity index is 524. The van der Waals surface area contributed by atoms with Gasteiger partial charge in [-0.05, 0) is 18.1 Å². The van der Waals surface area contributed by atoms with Crippen molar-refractivity contribution in [2.75, 3.05) is 0 Å². The standard InChI is InChI=1S/C12H10INO2/c1-7-2-3-8-5-12(6-9(8)4-7)10(15)14-11(13)16-12/h2-4H,5-6H2,1H3. The Morgan fingerprint density at radius 1 is 1.38 bits per heavy atom. The Balaban J connectivity index is 2.00. The van der Waals surface area contributed by atoms with Crippen molar-refractivity contribution in [3.8, 4) is 0 Å². The first-order chi connectivity index (χ1) is 7.59. The second-order valence-electron chi connectivity index (χ2n) is 4.39. The van der Waals surface area contributed by atoms with E-state index in [1.165, 1.54) is 16.7 Å². The molecule has 82 valence electrons. The zero-order valence-corrected chi connectivity index (χ0v) is 10.9. The molecule has 2 aliphatic rings. The zero-order chi connectivity index (χ0) is 11.3. The fourth-order valence-corrected chi connectivity index (χ4v) is 3.04. The highest BCUT2D eigenvalue weighted by Gasteiger charge is 2.50. The number of nitrogens with zero attached hydrogens (tertiary/aromatic N) is 1. The van der Waals surface area contributed by atoms with Gasteiger partial charge < -0.3 is 4.74 Å². The second-order valence-corrected chi connectivity index (χ2v) is 5.31. The molecule has 1 unspecified atom stereocenters. The van der Waals surface area contributed by atoms with Crippen molar-refractivity contribution in [2.45, 2.75) is 25.4 Å². The highest BCUT2D eigenvalue weighted by molar-refractivity contribution is 14.1. The van der Waals surface area contributed by atoms with Gasteiger partial charge in [-0.15, -0.1) is 0 Å². The molecule has 4 heteroatoms. The fraction of sp³-hybridized carbons (Fsp3) is 0.333. The molecule has 0 saturated heterocycles. The van der Waals surface area contributed by atoms with Crippen molar-refractivity contribution >= 4 is 32.4 Å². The van der Waals surface area contributed by atoms with Crippen molar-refractivity contribution < 1.29 is 9.53 Å². The van der Waals surface area contributed by atoms with Crippen LogP contribution in [0.4, 0.5) is 0 Å². The number of aliphatic imine (C=N–C) groups is 1. The fourth-order valence-electron chi connectivity index (χ4n) is 2.40. The summed E-state index contributed by atoms with van der Waals surface area (Å²) in [6, 6.07) is 6.29. The van der Waals surface area contributed by atoms with E-state index in [1.54, 1.807) is 0 Å². The first-order valence-electron chi connectivity index (χ1n) is 5.15. The van der Waals surface area contributed by atoms with E-state index in [9.17, 15) is 4.79 Å². The average Bonchev–Trinajstić information content (AvgIpc) is 2.67. The van der Waals surface area contributed by atoms with Gasteiger partial charge >= 0.3 is 0 Å². The van der Waals surface area contributed by atoms with E-state index in [2.05, 4.69) is 30.1 Å². The van der Waals surface area contributed by atoms with Gasteiger partial charge in [-0.2, -0.15) is 4.99 Å². The number of hydrogen-bond acceptors (Lipinski definition) is 2. The number of carbonyl (C=O) groups excluding carboxylic acids is 1. The number of carbonyl (C=O) groups is 1. The van der Waals surface area contributed by atoms with Crippen LogP contribution >= 0.6 is 22.6 Å². The minimum Gasteiger partial charge on any atom is -0.456 e. The van der Waals surface area contributed by atoms with Crippen LogP contribution in [0, 0.1) is 6.92 Å². The SMILES string of the molecule is Cc1ccc2c(c1)CC1(C2)OC(I)=NC1=O. The minimum atomic E-state index is -0.730. The van der Waals surface area contributed by atoms with Crippen LogP contribution in [-0.4, -0.2) is 15.4 Å². The van der Waals surface area contributed by atoms with Crippen molar-refractivity contribution in [1.29, 1.82) is 0 Å². The minimum absolute atomic E-state index is 0.134. The van der Waals surface area contributed by atoms with Crippen LogP contribution in [0.3, 0.4) is 0 Å². The first-order valence-corrected chi connectivity index (χ1v) is 6.23. The summed E-state index contributed by atoms with van der Waals surface area (Å²) in [5, 5.41) is 0. The highest BCUT2D eigenvalue weighted by Crippen LogP contribution is 2.38. The van der Waals surface area contributed by atoms with Gasteiger partial charge in [0.1, 0.15) is 0 Å². The van der Waals surface area contributed by atoms with E-state index in [-0.39, 0.29) is 5.91 Å². The number of halogens is 1. The van der Waals surface area contributed by atoms with Gasteiger partial charge in [-0.3, -0.25) is 4.79 Å². The molecule has 1 aromatic carbocycles. The monoisotopic (exact) mass is 327 g/mol. The van der Waals surface area contributed by atoms with Crippen molar-refractivity contribution in [1.82, 2.24) is 0 Å². The first kappa shape index (κ1) is 10.3. The van der Waals surface area contributed by atoms with Crippen LogP contribution in [0.1, 0.15) is 16.7 Å². The quantitative estimate of drug-likeness (QED) is 0.685. The van der Waals surface area contributed by atoms with E-state index in [0.717, 1.165) is 0 Å². The summed E-state index contributed by atoms with van der Waals surface area (Å²) < 4.78 is 6.10. The van der Waals surface area contributed by atoms with E-state index >= 15 is 0 Å². The lowest BCUT2D eigenvalue weighted by Crippen LogP contribution is -2.37. The summed E-state index contributed by atoms with van der Waals surface area (Å²) in [5.74, 6) is -0.134. The molecule has 0 bridgehead atoms. The van der Waals surface area contributed by atoms with Crippen molar-refractivity contribution in [2.24, 2.45) is 4.99 Å². The van der Waals surface area contributed by atoms with Crippen molar-refractivity contribution in [3.63, 3.8) is 0 Å². The van der Waals surface area contributed by atoms with Gasteiger partial charge in [-0.25, -0.2) is 0 Å². The molecule has 0 N–H and O–H groups in total.